The normalized spacial score (nSPS) is 12.4. The van der Waals surface area contributed by atoms with Crippen LogP contribution in [-0.2, 0) is 6.54 Å². The topological polar surface area (TPSA) is 68.3 Å². The minimum atomic E-state index is 0.285. The number of hydrogen-bond acceptors (Lipinski definition) is 6. The fraction of sp³-hybridized carbons (Fsp3) is 0.222. The Morgan fingerprint density at radius 3 is 2.80 bits per heavy atom. The van der Waals surface area contributed by atoms with Gasteiger partial charge in [-0.1, -0.05) is 6.07 Å². The molecule has 25 heavy (non-hydrogen) atoms. The Morgan fingerprint density at radius 1 is 1.04 bits per heavy atom. The van der Waals surface area contributed by atoms with Crippen LogP contribution in [0.25, 0.3) is 10.9 Å². The van der Waals surface area contributed by atoms with Crippen molar-refractivity contribution >= 4 is 45.3 Å². The number of hydrogen-bond donors (Lipinski definition) is 2. The summed E-state index contributed by atoms with van der Waals surface area (Å²) in [7, 11) is 0. The van der Waals surface area contributed by atoms with E-state index in [1.807, 2.05) is 37.3 Å². The van der Waals surface area contributed by atoms with Gasteiger partial charge in [0, 0.05) is 22.0 Å². The first-order chi connectivity index (χ1) is 12.2. The molecule has 0 bridgehead atoms. The van der Waals surface area contributed by atoms with Crippen LogP contribution < -0.4 is 20.1 Å². The van der Waals surface area contributed by atoms with E-state index in [0.717, 1.165) is 43.9 Å². The summed E-state index contributed by atoms with van der Waals surface area (Å²) in [4.78, 5) is 9.19. The van der Waals surface area contributed by atoms with E-state index in [4.69, 9.17) is 9.47 Å². The molecule has 6 nitrogen and oxygen atoms in total. The van der Waals surface area contributed by atoms with Gasteiger partial charge in [-0.3, -0.25) is 0 Å². The summed E-state index contributed by atoms with van der Waals surface area (Å²) in [5, 5.41) is 7.63. The third-order valence-corrected chi connectivity index (χ3v) is 4.56. The first-order valence-electron chi connectivity index (χ1n) is 8.06. The number of benzene rings is 2. The fourth-order valence-electron chi connectivity index (χ4n) is 2.71. The Hall–Kier alpha value is -2.29. The van der Waals surface area contributed by atoms with Gasteiger partial charge in [0.15, 0.2) is 11.5 Å². The van der Waals surface area contributed by atoms with E-state index in [2.05, 4.69) is 49.3 Å². The van der Waals surface area contributed by atoms with Gasteiger partial charge < -0.3 is 20.1 Å². The Balaban J connectivity index is 1.64. The number of ether oxygens (including phenoxy) is 2. The largest absolute Gasteiger partial charge is 0.454 e. The lowest BCUT2D eigenvalue weighted by Crippen LogP contribution is -2.07. The summed E-state index contributed by atoms with van der Waals surface area (Å²) in [6.07, 6.45) is 0. The molecule has 3 aromatic rings. The summed E-state index contributed by atoms with van der Waals surface area (Å²) in [6, 6.07) is 12.1. The molecule has 2 aromatic carbocycles. The van der Waals surface area contributed by atoms with E-state index in [1.165, 1.54) is 0 Å². The standard InChI is InChI=1S/C18H17IN4O2/c1-2-20-18-22-14-5-4-12(19)8-13(14)17(23-18)21-9-11-3-6-15-16(7-11)25-10-24-15/h3-8H,2,9-10H2,1H3,(H2,20,21,22,23). The van der Waals surface area contributed by atoms with Gasteiger partial charge in [-0.25, -0.2) is 4.98 Å². The van der Waals surface area contributed by atoms with E-state index in [-0.39, 0.29) is 6.79 Å². The molecule has 128 valence electrons. The van der Waals surface area contributed by atoms with Gasteiger partial charge in [-0.2, -0.15) is 4.98 Å². The summed E-state index contributed by atoms with van der Waals surface area (Å²) in [6.45, 7) is 3.73. The van der Waals surface area contributed by atoms with Gasteiger partial charge in [0.25, 0.3) is 0 Å². The third kappa shape index (κ3) is 3.41. The minimum absolute atomic E-state index is 0.285. The van der Waals surface area contributed by atoms with Gasteiger partial charge in [-0.05, 0) is 65.4 Å². The first kappa shape index (κ1) is 16.2. The maximum atomic E-state index is 5.44. The fourth-order valence-corrected chi connectivity index (χ4v) is 3.20. The SMILES string of the molecule is CCNc1nc(NCc2ccc3c(c2)OCO3)c2cc(I)ccc2n1. The zero-order valence-electron chi connectivity index (χ0n) is 13.7. The zero-order valence-corrected chi connectivity index (χ0v) is 15.8. The lowest BCUT2D eigenvalue weighted by atomic mass is 10.2. The van der Waals surface area contributed by atoms with Crippen LogP contribution in [0.15, 0.2) is 36.4 Å². The summed E-state index contributed by atoms with van der Waals surface area (Å²) in [5.74, 6) is 3.02. The number of aromatic nitrogens is 2. The van der Waals surface area contributed by atoms with Crippen molar-refractivity contribution in [2.75, 3.05) is 24.0 Å². The third-order valence-electron chi connectivity index (χ3n) is 3.89. The van der Waals surface area contributed by atoms with Gasteiger partial charge in [0.05, 0.1) is 5.52 Å². The molecule has 1 aliphatic rings. The summed E-state index contributed by atoms with van der Waals surface area (Å²) < 4.78 is 11.9. The van der Waals surface area contributed by atoms with Crippen LogP contribution >= 0.6 is 22.6 Å². The molecule has 2 heterocycles. The zero-order chi connectivity index (χ0) is 17.2. The Kier molecular flexibility index (Phi) is 4.48. The van der Waals surface area contributed by atoms with E-state index >= 15 is 0 Å². The van der Waals surface area contributed by atoms with Crippen molar-refractivity contribution in [1.29, 1.82) is 0 Å². The van der Waals surface area contributed by atoms with Gasteiger partial charge in [-0.15, -0.1) is 0 Å². The molecule has 2 N–H and O–H groups in total. The number of halogens is 1. The van der Waals surface area contributed by atoms with Crippen LogP contribution in [0, 0.1) is 3.57 Å². The molecule has 0 saturated carbocycles. The smallest absolute Gasteiger partial charge is 0.231 e. The predicted octanol–water partition coefficient (Wildman–Crippen LogP) is 4.01. The Bertz CT molecular complexity index is 932. The molecule has 0 aliphatic carbocycles. The maximum absolute atomic E-state index is 5.44. The molecule has 0 atom stereocenters. The quantitative estimate of drug-likeness (QED) is 0.576. The molecule has 1 aliphatic heterocycles. The van der Waals surface area contributed by atoms with E-state index in [0.29, 0.717) is 12.5 Å². The van der Waals surface area contributed by atoms with Crippen molar-refractivity contribution in [1.82, 2.24) is 9.97 Å². The maximum Gasteiger partial charge on any atom is 0.231 e. The second-order valence-corrected chi connectivity index (χ2v) is 6.87. The monoisotopic (exact) mass is 448 g/mol. The van der Waals surface area contributed by atoms with Crippen LogP contribution in [0.2, 0.25) is 0 Å². The van der Waals surface area contributed by atoms with Crippen molar-refractivity contribution in [2.45, 2.75) is 13.5 Å². The molecule has 4 rings (SSSR count). The van der Waals surface area contributed by atoms with Gasteiger partial charge in [0.1, 0.15) is 5.82 Å². The molecular weight excluding hydrogens is 431 g/mol. The van der Waals surface area contributed by atoms with E-state index in [1.54, 1.807) is 0 Å². The molecule has 0 saturated heterocycles. The highest BCUT2D eigenvalue weighted by molar-refractivity contribution is 14.1. The molecule has 0 spiro atoms. The van der Waals surface area contributed by atoms with Crippen LogP contribution in [-0.4, -0.2) is 23.3 Å². The average molecular weight is 448 g/mol. The molecule has 0 radical (unpaired) electrons. The number of nitrogens with one attached hydrogen (secondary N) is 2. The van der Waals surface area contributed by atoms with Crippen molar-refractivity contribution < 1.29 is 9.47 Å². The molecule has 0 unspecified atom stereocenters. The summed E-state index contributed by atoms with van der Waals surface area (Å²) >= 11 is 2.30. The lowest BCUT2D eigenvalue weighted by molar-refractivity contribution is 0.174. The molecular formula is C18H17IN4O2. The highest BCUT2D eigenvalue weighted by Gasteiger charge is 2.14. The Labute approximate surface area is 159 Å². The van der Waals surface area contributed by atoms with Crippen molar-refractivity contribution in [3.63, 3.8) is 0 Å². The molecule has 0 fully saturated rings. The second-order valence-electron chi connectivity index (χ2n) is 5.63. The molecule has 0 amide bonds. The minimum Gasteiger partial charge on any atom is -0.454 e. The van der Waals surface area contributed by atoms with Gasteiger partial charge >= 0.3 is 0 Å². The van der Waals surface area contributed by atoms with Crippen LogP contribution in [0.3, 0.4) is 0 Å². The van der Waals surface area contributed by atoms with Crippen LogP contribution in [0.1, 0.15) is 12.5 Å². The van der Waals surface area contributed by atoms with Crippen molar-refractivity contribution in [3.05, 3.63) is 45.5 Å². The number of fused-ring (bicyclic) bond motifs is 2. The molecule has 7 heteroatoms. The average Bonchev–Trinajstić information content (AvgIpc) is 3.08. The van der Waals surface area contributed by atoms with Gasteiger partial charge in [0.2, 0.25) is 12.7 Å². The highest BCUT2D eigenvalue weighted by atomic mass is 127. The van der Waals surface area contributed by atoms with E-state index < -0.39 is 0 Å². The highest BCUT2D eigenvalue weighted by Crippen LogP contribution is 2.33. The first-order valence-corrected chi connectivity index (χ1v) is 9.14. The van der Waals surface area contributed by atoms with Crippen molar-refractivity contribution in [2.24, 2.45) is 0 Å². The molecule has 1 aromatic heterocycles. The van der Waals surface area contributed by atoms with Crippen LogP contribution in [0.4, 0.5) is 11.8 Å². The number of rotatable bonds is 5. The summed E-state index contributed by atoms with van der Waals surface area (Å²) in [5.41, 5.74) is 2.02. The number of anilines is 2. The number of nitrogens with zero attached hydrogens (tertiary/aromatic N) is 2. The Morgan fingerprint density at radius 2 is 1.92 bits per heavy atom. The second kappa shape index (κ2) is 6.91. The predicted molar refractivity (Wildman–Crippen MR) is 106 cm³/mol. The lowest BCUT2D eigenvalue weighted by Gasteiger charge is -2.12. The van der Waals surface area contributed by atoms with Crippen molar-refractivity contribution in [3.8, 4) is 11.5 Å². The van der Waals surface area contributed by atoms with Crippen LogP contribution in [0.5, 0.6) is 11.5 Å². The van der Waals surface area contributed by atoms with E-state index in [9.17, 15) is 0 Å².